The molecular formula is C23H17N3O4S2. The van der Waals surface area contributed by atoms with Gasteiger partial charge in [0.05, 0.1) is 10.6 Å². The van der Waals surface area contributed by atoms with Gasteiger partial charge in [0.25, 0.3) is 21.8 Å². The first-order chi connectivity index (χ1) is 15.4. The van der Waals surface area contributed by atoms with Gasteiger partial charge in [-0.25, -0.2) is 8.42 Å². The monoisotopic (exact) mass is 463 g/mol. The summed E-state index contributed by atoms with van der Waals surface area (Å²) in [7, 11) is -4.14. The van der Waals surface area contributed by atoms with E-state index in [2.05, 4.69) is 4.83 Å². The van der Waals surface area contributed by atoms with Gasteiger partial charge in [-0.2, -0.15) is 5.01 Å². The zero-order chi connectivity index (χ0) is 22.7. The molecule has 160 valence electrons. The highest BCUT2D eigenvalue weighted by molar-refractivity contribution is 7.89. The normalized spacial score (nSPS) is 16.0. The molecule has 0 radical (unpaired) electrons. The van der Waals surface area contributed by atoms with E-state index in [4.69, 9.17) is 12.2 Å². The van der Waals surface area contributed by atoms with Crippen LogP contribution < -0.4 is 9.73 Å². The number of hydrazine groups is 1. The summed E-state index contributed by atoms with van der Waals surface area (Å²) in [5, 5.41) is 0.414. The van der Waals surface area contributed by atoms with Crippen molar-refractivity contribution in [2.45, 2.75) is 4.90 Å². The van der Waals surface area contributed by atoms with E-state index in [1.54, 1.807) is 78.9 Å². The summed E-state index contributed by atoms with van der Waals surface area (Å²) in [6.45, 7) is 0. The number of anilines is 1. The Hall–Kier alpha value is -3.66. The third kappa shape index (κ3) is 4.22. The van der Waals surface area contributed by atoms with Crippen LogP contribution >= 0.6 is 12.2 Å². The Balaban J connectivity index is 1.80. The first kappa shape index (κ1) is 21.6. The lowest BCUT2D eigenvalue weighted by atomic mass is 10.1. The summed E-state index contributed by atoms with van der Waals surface area (Å²) in [6, 6.07) is 24.8. The molecule has 0 unspecified atom stereocenters. The Kier molecular flexibility index (Phi) is 5.95. The molecule has 0 saturated carbocycles. The van der Waals surface area contributed by atoms with Crippen molar-refractivity contribution >= 4 is 50.9 Å². The topological polar surface area (TPSA) is 86.8 Å². The van der Waals surface area contributed by atoms with E-state index in [9.17, 15) is 18.0 Å². The molecule has 1 aliphatic heterocycles. The third-order valence-corrected chi connectivity index (χ3v) is 6.32. The minimum absolute atomic E-state index is 0.0487. The molecule has 3 aromatic rings. The van der Waals surface area contributed by atoms with Gasteiger partial charge in [-0.1, -0.05) is 66.7 Å². The molecule has 0 aliphatic carbocycles. The van der Waals surface area contributed by atoms with Crippen LogP contribution in [-0.2, 0) is 19.6 Å². The van der Waals surface area contributed by atoms with Gasteiger partial charge in [0, 0.05) is 0 Å². The standard InChI is InChI=1S/C23H17N3O4S2/c27-21-20(16-17-10-4-1-5-11-17)22(28)26(23(31)25(21)18-12-6-2-7-13-18)24-32(29,30)19-14-8-3-9-15-19/h1-16,24H/b20-16+. The van der Waals surface area contributed by atoms with Crippen molar-refractivity contribution in [1.29, 1.82) is 0 Å². The van der Waals surface area contributed by atoms with Gasteiger partial charge in [-0.05, 0) is 48.1 Å². The molecule has 2 amide bonds. The molecule has 1 aliphatic rings. The molecule has 32 heavy (non-hydrogen) atoms. The molecule has 1 fully saturated rings. The van der Waals surface area contributed by atoms with Gasteiger partial charge in [-0.3, -0.25) is 14.5 Å². The lowest BCUT2D eigenvalue weighted by molar-refractivity contribution is -0.128. The second-order valence-corrected chi connectivity index (χ2v) is 8.80. The number of nitrogens with one attached hydrogen (secondary N) is 1. The fourth-order valence-electron chi connectivity index (χ4n) is 3.10. The molecule has 7 nitrogen and oxygen atoms in total. The second-order valence-electron chi connectivity index (χ2n) is 6.78. The number of hydrogen-bond donors (Lipinski definition) is 1. The number of rotatable bonds is 5. The fourth-order valence-corrected chi connectivity index (χ4v) is 4.51. The highest BCUT2D eigenvalue weighted by Crippen LogP contribution is 2.26. The van der Waals surface area contributed by atoms with Crippen molar-refractivity contribution in [2.75, 3.05) is 4.90 Å². The van der Waals surface area contributed by atoms with Crippen LogP contribution in [0.4, 0.5) is 5.69 Å². The van der Waals surface area contributed by atoms with E-state index >= 15 is 0 Å². The maximum absolute atomic E-state index is 13.3. The lowest BCUT2D eigenvalue weighted by Gasteiger charge is -2.36. The highest BCUT2D eigenvalue weighted by Gasteiger charge is 2.42. The Labute approximate surface area is 190 Å². The molecule has 1 N–H and O–H groups in total. The van der Waals surface area contributed by atoms with E-state index in [1.165, 1.54) is 18.2 Å². The van der Waals surface area contributed by atoms with Crippen molar-refractivity contribution < 1.29 is 18.0 Å². The Morgan fingerprint density at radius 3 is 1.88 bits per heavy atom. The average molecular weight is 464 g/mol. The number of benzene rings is 3. The van der Waals surface area contributed by atoms with Crippen LogP contribution in [0.25, 0.3) is 6.08 Å². The molecule has 1 saturated heterocycles. The maximum atomic E-state index is 13.3. The van der Waals surface area contributed by atoms with Crippen molar-refractivity contribution in [1.82, 2.24) is 9.84 Å². The van der Waals surface area contributed by atoms with Crippen LogP contribution in [0.1, 0.15) is 5.56 Å². The number of thiocarbonyl (C=S) groups is 1. The predicted octanol–water partition coefficient (Wildman–Crippen LogP) is 3.12. The second kappa shape index (κ2) is 8.83. The number of para-hydroxylation sites is 1. The number of carbonyl (C=O) groups excluding carboxylic acids is 2. The molecule has 0 bridgehead atoms. The zero-order valence-corrected chi connectivity index (χ0v) is 18.2. The van der Waals surface area contributed by atoms with Crippen LogP contribution in [0.2, 0.25) is 0 Å². The number of hydrogen-bond acceptors (Lipinski definition) is 5. The molecule has 0 aromatic heterocycles. The zero-order valence-electron chi connectivity index (χ0n) is 16.6. The summed E-state index contributed by atoms with van der Waals surface area (Å²) in [5.41, 5.74) is 0.776. The van der Waals surface area contributed by atoms with E-state index in [-0.39, 0.29) is 15.6 Å². The lowest BCUT2D eigenvalue weighted by Crippen LogP contribution is -2.62. The highest BCUT2D eigenvalue weighted by atomic mass is 32.2. The van der Waals surface area contributed by atoms with Crippen molar-refractivity contribution in [3.05, 3.63) is 102 Å². The number of carbonyl (C=O) groups is 2. The van der Waals surface area contributed by atoms with Crippen molar-refractivity contribution in [3.63, 3.8) is 0 Å². The largest absolute Gasteiger partial charge is 0.281 e. The fraction of sp³-hybridized carbons (Fsp3) is 0. The summed E-state index contributed by atoms with van der Waals surface area (Å²) < 4.78 is 25.8. The minimum Gasteiger partial charge on any atom is -0.268 e. The summed E-state index contributed by atoms with van der Waals surface area (Å²) in [4.78, 5) is 29.8. The molecule has 9 heteroatoms. The molecule has 0 spiro atoms. The van der Waals surface area contributed by atoms with Gasteiger partial charge in [0.2, 0.25) is 5.11 Å². The maximum Gasteiger partial charge on any atom is 0.281 e. The first-order valence-electron chi connectivity index (χ1n) is 9.50. The van der Waals surface area contributed by atoms with Crippen molar-refractivity contribution in [3.8, 4) is 0 Å². The van der Waals surface area contributed by atoms with E-state index < -0.39 is 21.8 Å². The number of amides is 2. The third-order valence-electron chi connectivity index (χ3n) is 4.64. The molecule has 0 atom stereocenters. The minimum atomic E-state index is -4.14. The van der Waals surface area contributed by atoms with E-state index in [0.29, 0.717) is 16.3 Å². The van der Waals surface area contributed by atoms with Crippen molar-refractivity contribution in [2.24, 2.45) is 0 Å². The van der Waals surface area contributed by atoms with Gasteiger partial charge >= 0.3 is 0 Å². The Morgan fingerprint density at radius 1 is 0.750 bits per heavy atom. The van der Waals surface area contributed by atoms with Crippen LogP contribution in [0.3, 0.4) is 0 Å². The molecular weight excluding hydrogens is 446 g/mol. The Morgan fingerprint density at radius 2 is 1.28 bits per heavy atom. The summed E-state index contributed by atoms with van der Waals surface area (Å²) >= 11 is 5.38. The van der Waals surface area contributed by atoms with Gasteiger partial charge in [-0.15, -0.1) is 4.83 Å². The SMILES string of the molecule is O=C1/C(=C/c2ccccc2)C(=O)N(c2ccccc2)C(=S)N1NS(=O)(=O)c1ccccc1. The summed E-state index contributed by atoms with van der Waals surface area (Å²) in [6.07, 6.45) is 1.41. The van der Waals surface area contributed by atoms with Crippen LogP contribution in [0.5, 0.6) is 0 Å². The van der Waals surface area contributed by atoms with Gasteiger partial charge in [0.1, 0.15) is 5.57 Å². The molecule has 4 rings (SSSR count). The van der Waals surface area contributed by atoms with E-state index in [0.717, 1.165) is 4.90 Å². The Bertz CT molecular complexity index is 1310. The molecule has 3 aromatic carbocycles. The van der Waals surface area contributed by atoms with E-state index in [1.807, 2.05) is 0 Å². The molecule has 1 heterocycles. The average Bonchev–Trinajstić information content (AvgIpc) is 2.82. The quantitative estimate of drug-likeness (QED) is 0.357. The smallest absolute Gasteiger partial charge is 0.268 e. The summed E-state index contributed by atoms with van der Waals surface area (Å²) in [5.74, 6) is -1.51. The van der Waals surface area contributed by atoms with Gasteiger partial charge < -0.3 is 0 Å². The van der Waals surface area contributed by atoms with Crippen LogP contribution in [0.15, 0.2) is 101 Å². The number of sulfonamides is 1. The van der Waals surface area contributed by atoms with Crippen LogP contribution in [-0.4, -0.2) is 30.4 Å². The predicted molar refractivity (Wildman–Crippen MR) is 125 cm³/mol. The number of nitrogens with zero attached hydrogens (tertiary/aromatic N) is 2. The van der Waals surface area contributed by atoms with Crippen LogP contribution in [0, 0.1) is 0 Å². The first-order valence-corrected chi connectivity index (χ1v) is 11.4. The van der Waals surface area contributed by atoms with Gasteiger partial charge in [0.15, 0.2) is 0 Å².